The van der Waals surface area contributed by atoms with Gasteiger partial charge in [-0.25, -0.2) is 0 Å². The molecule has 1 N–H and O–H groups in total. The molecule has 0 atom stereocenters. The van der Waals surface area contributed by atoms with Crippen LogP contribution in [0.2, 0.25) is 0 Å². The number of nitrogens with zero attached hydrogens (tertiary/aromatic N) is 1. The molecule has 0 aliphatic carbocycles. The van der Waals surface area contributed by atoms with Gasteiger partial charge in [0.05, 0.1) is 22.5 Å². The van der Waals surface area contributed by atoms with Crippen LogP contribution in [-0.4, -0.2) is 11.6 Å². The van der Waals surface area contributed by atoms with Crippen molar-refractivity contribution in [2.24, 2.45) is 0 Å². The van der Waals surface area contributed by atoms with E-state index in [0.29, 0.717) is 6.61 Å². The first-order chi connectivity index (χ1) is 9.86. The van der Waals surface area contributed by atoms with Crippen LogP contribution in [0.5, 0.6) is 5.75 Å². The zero-order valence-corrected chi connectivity index (χ0v) is 12.1. The number of thiophene rings is 1. The average molecular weight is 284 g/mol. The molecule has 0 fully saturated rings. The maximum atomic E-state index is 5.52. The summed E-state index contributed by atoms with van der Waals surface area (Å²) in [7, 11) is 0. The van der Waals surface area contributed by atoms with Crippen molar-refractivity contribution in [2.45, 2.75) is 13.5 Å². The highest BCUT2D eigenvalue weighted by Gasteiger charge is 2.03. The summed E-state index contributed by atoms with van der Waals surface area (Å²) in [5, 5.41) is 5.54. The fraction of sp³-hybridized carbons (Fsp3) is 0.188. The van der Waals surface area contributed by atoms with Crippen molar-refractivity contribution in [2.75, 3.05) is 11.9 Å². The molecule has 20 heavy (non-hydrogen) atoms. The number of hydrogen-bond acceptors (Lipinski definition) is 4. The van der Waals surface area contributed by atoms with Crippen molar-refractivity contribution in [1.82, 2.24) is 4.98 Å². The van der Waals surface area contributed by atoms with Gasteiger partial charge in [-0.2, -0.15) is 0 Å². The van der Waals surface area contributed by atoms with Crippen molar-refractivity contribution in [3.63, 3.8) is 0 Å². The molecule has 0 aliphatic rings. The molecule has 0 bridgehead atoms. The molecule has 4 heteroatoms. The van der Waals surface area contributed by atoms with Crippen LogP contribution in [0.4, 0.5) is 5.69 Å². The topological polar surface area (TPSA) is 34.1 Å². The molecule has 3 nitrogen and oxygen atoms in total. The third kappa shape index (κ3) is 2.75. The van der Waals surface area contributed by atoms with Crippen molar-refractivity contribution < 1.29 is 4.74 Å². The van der Waals surface area contributed by atoms with Crippen molar-refractivity contribution in [1.29, 1.82) is 0 Å². The van der Waals surface area contributed by atoms with Crippen LogP contribution in [0.1, 0.15) is 12.5 Å². The second-order valence-electron chi connectivity index (χ2n) is 4.43. The van der Waals surface area contributed by atoms with Crippen molar-refractivity contribution in [3.05, 3.63) is 53.5 Å². The molecule has 0 amide bonds. The van der Waals surface area contributed by atoms with Crippen molar-refractivity contribution in [3.8, 4) is 5.75 Å². The summed E-state index contributed by atoms with van der Waals surface area (Å²) in [5.41, 5.74) is 3.38. The highest BCUT2D eigenvalue weighted by molar-refractivity contribution is 7.17. The Kier molecular flexibility index (Phi) is 3.83. The minimum atomic E-state index is 0.692. The molecule has 0 spiro atoms. The Morgan fingerprint density at radius 1 is 1.25 bits per heavy atom. The van der Waals surface area contributed by atoms with Gasteiger partial charge in [0.25, 0.3) is 0 Å². The van der Waals surface area contributed by atoms with E-state index in [1.165, 1.54) is 10.3 Å². The summed E-state index contributed by atoms with van der Waals surface area (Å²) in [6.45, 7) is 3.46. The van der Waals surface area contributed by atoms with Crippen LogP contribution in [-0.2, 0) is 6.54 Å². The molecule has 0 unspecified atom stereocenters. The standard InChI is InChI=1S/C16H16N2OS/c1-2-19-13-5-3-4-12(10-13)11-18-14-6-8-17-15-7-9-20-16(14)15/h3-10H,2,11H2,1H3,(H,17,18). The van der Waals surface area contributed by atoms with Gasteiger partial charge in [-0.3, -0.25) is 4.98 Å². The Morgan fingerprint density at radius 3 is 3.10 bits per heavy atom. The van der Waals surface area contributed by atoms with Crippen LogP contribution in [0.25, 0.3) is 10.2 Å². The number of benzene rings is 1. The number of nitrogens with one attached hydrogen (secondary N) is 1. The number of rotatable bonds is 5. The van der Waals surface area contributed by atoms with E-state index in [1.54, 1.807) is 11.3 Å². The first kappa shape index (κ1) is 12.9. The average Bonchev–Trinajstić information content (AvgIpc) is 2.95. The number of aromatic nitrogens is 1. The SMILES string of the molecule is CCOc1cccc(CNc2ccnc3ccsc23)c1. The zero-order valence-electron chi connectivity index (χ0n) is 11.3. The van der Waals surface area contributed by atoms with Gasteiger partial charge in [-0.15, -0.1) is 11.3 Å². The van der Waals surface area contributed by atoms with Gasteiger partial charge in [-0.1, -0.05) is 12.1 Å². The lowest BCUT2D eigenvalue weighted by Gasteiger charge is -2.09. The van der Waals surface area contributed by atoms with Gasteiger partial charge in [-0.05, 0) is 42.1 Å². The van der Waals surface area contributed by atoms with E-state index in [2.05, 4.69) is 27.8 Å². The molecular weight excluding hydrogens is 268 g/mol. The number of pyridine rings is 1. The van der Waals surface area contributed by atoms with Gasteiger partial charge in [0.2, 0.25) is 0 Å². The molecule has 3 rings (SSSR count). The molecule has 0 aliphatic heterocycles. The smallest absolute Gasteiger partial charge is 0.119 e. The molecular formula is C16H16N2OS. The monoisotopic (exact) mass is 284 g/mol. The second-order valence-corrected chi connectivity index (χ2v) is 5.34. The summed E-state index contributed by atoms with van der Waals surface area (Å²) in [6, 6.07) is 12.2. The predicted octanol–water partition coefficient (Wildman–Crippen LogP) is 4.31. The van der Waals surface area contributed by atoms with E-state index in [0.717, 1.165) is 23.5 Å². The van der Waals surface area contributed by atoms with E-state index in [4.69, 9.17) is 4.74 Å². The van der Waals surface area contributed by atoms with E-state index >= 15 is 0 Å². The van der Waals surface area contributed by atoms with E-state index in [-0.39, 0.29) is 0 Å². The van der Waals surface area contributed by atoms with Crippen LogP contribution >= 0.6 is 11.3 Å². The predicted molar refractivity (Wildman–Crippen MR) is 84.6 cm³/mol. The summed E-state index contributed by atoms with van der Waals surface area (Å²) in [6.07, 6.45) is 1.84. The molecule has 3 aromatic rings. The molecule has 1 aromatic carbocycles. The zero-order chi connectivity index (χ0) is 13.8. The summed E-state index contributed by atoms with van der Waals surface area (Å²) in [4.78, 5) is 4.35. The third-order valence-corrected chi connectivity index (χ3v) is 3.97. The highest BCUT2D eigenvalue weighted by Crippen LogP contribution is 2.27. The normalized spacial score (nSPS) is 10.7. The summed E-state index contributed by atoms with van der Waals surface area (Å²) < 4.78 is 6.72. The first-order valence-electron chi connectivity index (χ1n) is 6.64. The van der Waals surface area contributed by atoms with E-state index in [9.17, 15) is 0 Å². The van der Waals surface area contributed by atoms with Gasteiger partial charge < -0.3 is 10.1 Å². The highest BCUT2D eigenvalue weighted by atomic mass is 32.1. The minimum Gasteiger partial charge on any atom is -0.494 e. The fourth-order valence-corrected chi connectivity index (χ4v) is 2.96. The number of anilines is 1. The largest absolute Gasteiger partial charge is 0.494 e. The molecule has 0 radical (unpaired) electrons. The van der Waals surface area contributed by atoms with Gasteiger partial charge in [0, 0.05) is 12.7 Å². The van der Waals surface area contributed by atoms with Crippen LogP contribution < -0.4 is 10.1 Å². The number of fused-ring (bicyclic) bond motifs is 1. The Morgan fingerprint density at radius 2 is 2.20 bits per heavy atom. The van der Waals surface area contributed by atoms with E-state index in [1.807, 2.05) is 37.4 Å². The molecule has 2 aromatic heterocycles. The number of hydrogen-bond donors (Lipinski definition) is 1. The van der Waals surface area contributed by atoms with Gasteiger partial charge >= 0.3 is 0 Å². The Labute approximate surface area is 122 Å². The van der Waals surface area contributed by atoms with E-state index < -0.39 is 0 Å². The molecule has 0 saturated carbocycles. The van der Waals surface area contributed by atoms with Crippen LogP contribution in [0.15, 0.2) is 48.0 Å². The van der Waals surface area contributed by atoms with Crippen LogP contribution in [0.3, 0.4) is 0 Å². The third-order valence-electron chi connectivity index (χ3n) is 3.04. The molecule has 102 valence electrons. The van der Waals surface area contributed by atoms with Crippen LogP contribution in [0, 0.1) is 0 Å². The summed E-state index contributed by atoms with van der Waals surface area (Å²) in [5.74, 6) is 0.919. The second kappa shape index (κ2) is 5.92. The first-order valence-corrected chi connectivity index (χ1v) is 7.52. The Bertz CT molecular complexity index is 708. The van der Waals surface area contributed by atoms with Gasteiger partial charge in [0.15, 0.2) is 0 Å². The van der Waals surface area contributed by atoms with Gasteiger partial charge in [0.1, 0.15) is 5.75 Å². The summed E-state index contributed by atoms with van der Waals surface area (Å²) >= 11 is 1.71. The minimum absolute atomic E-state index is 0.692. The Hall–Kier alpha value is -2.07. The van der Waals surface area contributed by atoms with Crippen molar-refractivity contribution >= 4 is 27.2 Å². The lowest BCUT2D eigenvalue weighted by atomic mass is 10.2. The lowest BCUT2D eigenvalue weighted by molar-refractivity contribution is 0.340. The maximum Gasteiger partial charge on any atom is 0.119 e. The quantitative estimate of drug-likeness (QED) is 0.758. The molecule has 0 saturated heterocycles. The lowest BCUT2D eigenvalue weighted by Crippen LogP contribution is -2.00. The Balaban J connectivity index is 1.76. The molecule has 2 heterocycles. The fourth-order valence-electron chi connectivity index (χ4n) is 2.12. The maximum absolute atomic E-state index is 5.52. The number of ether oxygens (including phenoxy) is 1.